The number of nitrogens with zero attached hydrogens (tertiary/aromatic N) is 1. The molecule has 1 saturated carbocycles. The number of carbonyl (C=O) groups excluding carboxylic acids is 1. The molecule has 2 atom stereocenters. The van der Waals surface area contributed by atoms with Crippen molar-refractivity contribution in [2.24, 2.45) is 17.3 Å². The van der Waals surface area contributed by atoms with Crippen molar-refractivity contribution in [1.82, 2.24) is 4.98 Å². The van der Waals surface area contributed by atoms with Gasteiger partial charge in [0.15, 0.2) is 0 Å². The fourth-order valence-electron chi connectivity index (χ4n) is 3.02. The normalized spacial score (nSPS) is 22.8. The van der Waals surface area contributed by atoms with Crippen molar-refractivity contribution in [2.75, 3.05) is 5.32 Å². The van der Waals surface area contributed by atoms with E-state index in [1.807, 2.05) is 18.2 Å². The molecule has 0 bridgehead atoms. The molecule has 0 spiro atoms. The average Bonchev–Trinajstić information content (AvgIpc) is 3.02. The number of amides is 1. The number of hydrogen-bond acceptors (Lipinski definition) is 3. The van der Waals surface area contributed by atoms with E-state index < -0.39 is 23.2 Å². The van der Waals surface area contributed by atoms with Gasteiger partial charge in [0.25, 0.3) is 0 Å². The summed E-state index contributed by atoms with van der Waals surface area (Å²) >= 11 is 0. The minimum absolute atomic E-state index is 0.247. The molecule has 1 aliphatic rings. The second-order valence-corrected chi connectivity index (χ2v) is 6.01. The highest BCUT2D eigenvalue weighted by Crippen LogP contribution is 2.58. The van der Waals surface area contributed by atoms with Gasteiger partial charge < -0.3 is 10.4 Å². The number of rotatable bonds is 3. The molecular weight excluding hydrogens is 268 g/mol. The van der Waals surface area contributed by atoms with Crippen LogP contribution in [0.4, 0.5) is 5.69 Å². The first-order valence-electron chi connectivity index (χ1n) is 6.79. The fraction of sp³-hybridized carbons (Fsp3) is 0.312. The van der Waals surface area contributed by atoms with Gasteiger partial charge in [0.2, 0.25) is 5.91 Å². The van der Waals surface area contributed by atoms with Crippen molar-refractivity contribution >= 4 is 28.3 Å². The highest BCUT2D eigenvalue weighted by molar-refractivity contribution is 6.05. The molecule has 5 heteroatoms. The molecule has 1 aliphatic carbocycles. The van der Waals surface area contributed by atoms with E-state index in [0.717, 1.165) is 10.8 Å². The zero-order valence-electron chi connectivity index (χ0n) is 11.8. The second kappa shape index (κ2) is 4.55. The largest absolute Gasteiger partial charge is 0.481 e. The third-order valence-electron chi connectivity index (χ3n) is 4.32. The van der Waals surface area contributed by atoms with E-state index in [1.54, 1.807) is 32.3 Å². The van der Waals surface area contributed by atoms with Crippen LogP contribution in [0.2, 0.25) is 0 Å². The summed E-state index contributed by atoms with van der Waals surface area (Å²) in [6.07, 6.45) is 3.38. The van der Waals surface area contributed by atoms with E-state index in [4.69, 9.17) is 5.11 Å². The van der Waals surface area contributed by atoms with E-state index in [1.165, 1.54) is 0 Å². The summed E-state index contributed by atoms with van der Waals surface area (Å²) in [6, 6.07) is 7.46. The van der Waals surface area contributed by atoms with Crippen LogP contribution in [0.5, 0.6) is 0 Å². The van der Waals surface area contributed by atoms with Gasteiger partial charge in [-0.05, 0) is 22.9 Å². The number of aliphatic carboxylic acids is 1. The highest BCUT2D eigenvalue weighted by atomic mass is 16.4. The van der Waals surface area contributed by atoms with Crippen LogP contribution < -0.4 is 5.32 Å². The smallest absolute Gasteiger partial charge is 0.307 e. The van der Waals surface area contributed by atoms with Crippen LogP contribution in [0.25, 0.3) is 10.8 Å². The first-order chi connectivity index (χ1) is 9.93. The minimum Gasteiger partial charge on any atom is -0.481 e. The van der Waals surface area contributed by atoms with Crippen molar-refractivity contribution in [3.05, 3.63) is 36.7 Å². The second-order valence-electron chi connectivity index (χ2n) is 6.01. The van der Waals surface area contributed by atoms with Gasteiger partial charge in [-0.1, -0.05) is 26.0 Å². The number of pyridine rings is 1. The number of fused-ring (bicyclic) bond motifs is 1. The number of carboxylic acids is 1. The molecule has 2 aromatic rings. The summed E-state index contributed by atoms with van der Waals surface area (Å²) < 4.78 is 0. The molecule has 1 aromatic heterocycles. The van der Waals surface area contributed by atoms with Crippen molar-refractivity contribution in [1.29, 1.82) is 0 Å². The quantitative estimate of drug-likeness (QED) is 0.907. The number of hydrogen-bond donors (Lipinski definition) is 2. The molecule has 0 aliphatic heterocycles. The third-order valence-corrected chi connectivity index (χ3v) is 4.32. The average molecular weight is 284 g/mol. The summed E-state index contributed by atoms with van der Waals surface area (Å²) in [6.45, 7) is 3.61. The summed E-state index contributed by atoms with van der Waals surface area (Å²) in [5.41, 5.74) is 0.163. The van der Waals surface area contributed by atoms with E-state index in [2.05, 4.69) is 10.3 Å². The Morgan fingerprint density at radius 2 is 2.00 bits per heavy atom. The number of carbonyl (C=O) groups is 2. The van der Waals surface area contributed by atoms with Crippen LogP contribution >= 0.6 is 0 Å². The Kier molecular flexibility index (Phi) is 2.93. The van der Waals surface area contributed by atoms with E-state index in [9.17, 15) is 9.59 Å². The maximum Gasteiger partial charge on any atom is 0.307 e. The lowest BCUT2D eigenvalue weighted by Crippen LogP contribution is -2.17. The van der Waals surface area contributed by atoms with Gasteiger partial charge >= 0.3 is 5.97 Å². The Labute approximate surface area is 122 Å². The number of carboxylic acid groups (broad SMARTS) is 1. The molecular formula is C16H16N2O3. The summed E-state index contributed by atoms with van der Waals surface area (Å²) in [5, 5.41) is 13.8. The predicted octanol–water partition coefficient (Wildman–Crippen LogP) is 2.53. The zero-order chi connectivity index (χ0) is 15.2. The van der Waals surface area contributed by atoms with Crippen LogP contribution in [0.1, 0.15) is 13.8 Å². The first kappa shape index (κ1) is 13.5. The van der Waals surface area contributed by atoms with Crippen molar-refractivity contribution in [3.8, 4) is 0 Å². The lowest BCUT2D eigenvalue weighted by molar-refractivity contribution is -0.140. The first-order valence-corrected chi connectivity index (χ1v) is 6.79. The Morgan fingerprint density at radius 3 is 2.67 bits per heavy atom. The molecule has 0 radical (unpaired) electrons. The lowest BCUT2D eigenvalue weighted by Gasteiger charge is -2.09. The molecule has 1 amide bonds. The fourth-order valence-corrected chi connectivity index (χ4v) is 3.02. The third kappa shape index (κ3) is 2.14. The van der Waals surface area contributed by atoms with Gasteiger partial charge in [0, 0.05) is 17.8 Å². The summed E-state index contributed by atoms with van der Waals surface area (Å²) in [4.78, 5) is 27.6. The molecule has 1 aromatic carbocycles. The number of aromatic nitrogens is 1. The molecule has 1 heterocycles. The number of anilines is 1. The molecule has 108 valence electrons. The predicted molar refractivity (Wildman–Crippen MR) is 78.8 cm³/mol. The number of benzene rings is 1. The van der Waals surface area contributed by atoms with Crippen LogP contribution in [-0.2, 0) is 9.59 Å². The van der Waals surface area contributed by atoms with Crippen molar-refractivity contribution < 1.29 is 14.7 Å². The SMILES string of the molecule is CC1(C)C(C(=O)O)C1C(=O)Nc1cccc2ccncc12. The standard InChI is InChI=1S/C16H16N2O3/c1-16(2)12(13(16)15(20)21)14(19)18-11-5-3-4-9-6-7-17-8-10(9)11/h3-8,12-13H,1-2H3,(H,18,19)(H,20,21). The van der Waals surface area contributed by atoms with Gasteiger partial charge in [-0.3, -0.25) is 14.6 Å². The molecule has 1 fully saturated rings. The Hall–Kier alpha value is -2.43. The van der Waals surface area contributed by atoms with Crippen LogP contribution in [0.3, 0.4) is 0 Å². The van der Waals surface area contributed by atoms with Gasteiger partial charge in [0.05, 0.1) is 17.5 Å². The van der Waals surface area contributed by atoms with E-state index in [0.29, 0.717) is 5.69 Å². The van der Waals surface area contributed by atoms with Gasteiger partial charge in [-0.2, -0.15) is 0 Å². The maximum absolute atomic E-state index is 12.4. The summed E-state index contributed by atoms with van der Waals surface area (Å²) in [5.74, 6) is -2.28. The van der Waals surface area contributed by atoms with Crippen LogP contribution in [0.15, 0.2) is 36.7 Å². The molecule has 21 heavy (non-hydrogen) atoms. The van der Waals surface area contributed by atoms with Crippen LogP contribution in [0, 0.1) is 17.3 Å². The highest BCUT2D eigenvalue weighted by Gasteiger charge is 2.65. The van der Waals surface area contributed by atoms with Gasteiger partial charge in [0.1, 0.15) is 0 Å². The molecule has 5 nitrogen and oxygen atoms in total. The van der Waals surface area contributed by atoms with E-state index >= 15 is 0 Å². The zero-order valence-corrected chi connectivity index (χ0v) is 11.8. The number of nitrogens with one attached hydrogen (secondary N) is 1. The van der Waals surface area contributed by atoms with Gasteiger partial charge in [-0.25, -0.2) is 0 Å². The Bertz CT molecular complexity index is 734. The van der Waals surface area contributed by atoms with Crippen molar-refractivity contribution in [2.45, 2.75) is 13.8 Å². The molecule has 0 saturated heterocycles. The molecule has 3 rings (SSSR count). The minimum atomic E-state index is -0.917. The molecule has 2 unspecified atom stereocenters. The molecule has 2 N–H and O–H groups in total. The lowest BCUT2D eigenvalue weighted by atomic mass is 10.1. The van der Waals surface area contributed by atoms with Crippen molar-refractivity contribution in [3.63, 3.8) is 0 Å². The maximum atomic E-state index is 12.4. The topological polar surface area (TPSA) is 79.3 Å². The van der Waals surface area contributed by atoms with Gasteiger partial charge in [-0.15, -0.1) is 0 Å². The van der Waals surface area contributed by atoms with Crippen LogP contribution in [-0.4, -0.2) is 22.0 Å². The Balaban J connectivity index is 1.87. The summed E-state index contributed by atoms with van der Waals surface area (Å²) in [7, 11) is 0. The monoisotopic (exact) mass is 284 g/mol. The van der Waals surface area contributed by atoms with E-state index in [-0.39, 0.29) is 5.91 Å². The Morgan fingerprint density at radius 1 is 1.24 bits per heavy atom.